The number of carbonyl (C=O) groups excluding carboxylic acids is 1. The van der Waals surface area contributed by atoms with Crippen LogP contribution in [0.25, 0.3) is 11.5 Å². The summed E-state index contributed by atoms with van der Waals surface area (Å²) in [5.74, 6) is -0.368. The van der Waals surface area contributed by atoms with Crippen molar-refractivity contribution in [3.8, 4) is 11.5 Å². The van der Waals surface area contributed by atoms with E-state index < -0.39 is 4.92 Å². The topological polar surface area (TPSA) is 108 Å². The molecule has 0 aliphatic rings. The van der Waals surface area contributed by atoms with Gasteiger partial charge in [0.1, 0.15) is 0 Å². The van der Waals surface area contributed by atoms with Crippen molar-refractivity contribution in [3.63, 3.8) is 0 Å². The summed E-state index contributed by atoms with van der Waals surface area (Å²) in [5.41, 5.74) is 1.41. The smallest absolute Gasteiger partial charge is 0.313 e. The lowest BCUT2D eigenvalue weighted by Gasteiger charge is -2.13. The quantitative estimate of drug-likeness (QED) is 0.354. The monoisotopic (exact) mass is 367 g/mol. The number of nitro groups is 1. The average molecular weight is 367 g/mol. The Labute approximate surface area is 155 Å². The first kappa shape index (κ1) is 18.2. The SMILES string of the molecule is CC[C@H](C(=O)OCc1nnc(-c2ccc([N+](=O)[O-])cc2)o1)c1ccccc1. The first-order valence-electron chi connectivity index (χ1n) is 8.37. The Hall–Kier alpha value is -3.55. The molecule has 1 aromatic heterocycles. The van der Waals surface area contributed by atoms with Crippen molar-refractivity contribution in [1.82, 2.24) is 10.2 Å². The highest BCUT2D eigenvalue weighted by Gasteiger charge is 2.21. The molecule has 27 heavy (non-hydrogen) atoms. The second kappa shape index (κ2) is 8.22. The zero-order chi connectivity index (χ0) is 19.2. The van der Waals surface area contributed by atoms with E-state index in [0.29, 0.717) is 12.0 Å². The summed E-state index contributed by atoms with van der Waals surface area (Å²) in [6.45, 7) is 1.78. The van der Waals surface area contributed by atoms with Crippen LogP contribution in [0.2, 0.25) is 0 Å². The van der Waals surface area contributed by atoms with Gasteiger partial charge < -0.3 is 9.15 Å². The molecule has 0 N–H and O–H groups in total. The zero-order valence-corrected chi connectivity index (χ0v) is 14.6. The van der Waals surface area contributed by atoms with Gasteiger partial charge in [-0.15, -0.1) is 10.2 Å². The number of rotatable bonds is 7. The minimum absolute atomic E-state index is 0.0288. The molecular formula is C19H17N3O5. The molecule has 1 atom stereocenters. The van der Waals surface area contributed by atoms with Crippen LogP contribution in [-0.4, -0.2) is 21.1 Å². The van der Waals surface area contributed by atoms with E-state index in [4.69, 9.17) is 9.15 Å². The number of benzene rings is 2. The van der Waals surface area contributed by atoms with E-state index in [9.17, 15) is 14.9 Å². The summed E-state index contributed by atoms with van der Waals surface area (Å²) < 4.78 is 10.8. The predicted molar refractivity (Wildman–Crippen MR) is 95.7 cm³/mol. The van der Waals surface area contributed by atoms with Crippen LogP contribution < -0.4 is 0 Å². The maximum absolute atomic E-state index is 12.4. The number of nitro benzene ring substituents is 1. The van der Waals surface area contributed by atoms with E-state index >= 15 is 0 Å². The van der Waals surface area contributed by atoms with E-state index in [1.165, 1.54) is 24.3 Å². The van der Waals surface area contributed by atoms with Gasteiger partial charge in [-0.2, -0.15) is 0 Å². The number of esters is 1. The van der Waals surface area contributed by atoms with Crippen molar-refractivity contribution in [3.05, 3.63) is 76.2 Å². The van der Waals surface area contributed by atoms with E-state index in [1.807, 2.05) is 37.3 Å². The zero-order valence-electron chi connectivity index (χ0n) is 14.6. The maximum atomic E-state index is 12.4. The van der Waals surface area contributed by atoms with Crippen molar-refractivity contribution in [2.45, 2.75) is 25.9 Å². The first-order valence-corrected chi connectivity index (χ1v) is 8.37. The Morgan fingerprint density at radius 3 is 2.48 bits per heavy atom. The highest BCUT2D eigenvalue weighted by Crippen LogP contribution is 2.23. The molecule has 138 valence electrons. The number of hydrogen-bond acceptors (Lipinski definition) is 7. The Kier molecular flexibility index (Phi) is 5.55. The minimum Gasteiger partial charge on any atom is -0.455 e. The molecule has 0 saturated carbocycles. The molecule has 0 bridgehead atoms. The second-order valence-electron chi connectivity index (χ2n) is 5.78. The molecule has 2 aromatic carbocycles. The lowest BCUT2D eigenvalue weighted by atomic mass is 9.97. The summed E-state index contributed by atoms with van der Waals surface area (Å²) in [6, 6.07) is 15.1. The van der Waals surface area contributed by atoms with E-state index in [1.54, 1.807) is 0 Å². The van der Waals surface area contributed by atoms with Crippen LogP contribution in [0.5, 0.6) is 0 Å². The molecule has 8 heteroatoms. The van der Waals surface area contributed by atoms with Crippen molar-refractivity contribution in [1.29, 1.82) is 0 Å². The van der Waals surface area contributed by atoms with Crippen LogP contribution >= 0.6 is 0 Å². The van der Waals surface area contributed by atoms with Gasteiger partial charge in [0.15, 0.2) is 6.61 Å². The molecule has 3 rings (SSSR count). The highest BCUT2D eigenvalue weighted by molar-refractivity contribution is 5.78. The van der Waals surface area contributed by atoms with Crippen LogP contribution in [0.4, 0.5) is 5.69 Å². The summed E-state index contributed by atoms with van der Waals surface area (Å²) in [6.07, 6.45) is 0.612. The Morgan fingerprint density at radius 1 is 1.15 bits per heavy atom. The fourth-order valence-corrected chi connectivity index (χ4v) is 2.61. The van der Waals surface area contributed by atoms with Crippen LogP contribution in [0.15, 0.2) is 59.0 Å². The van der Waals surface area contributed by atoms with Gasteiger partial charge >= 0.3 is 5.97 Å². The molecule has 8 nitrogen and oxygen atoms in total. The fourth-order valence-electron chi connectivity index (χ4n) is 2.61. The molecule has 0 saturated heterocycles. The minimum atomic E-state index is -0.487. The molecule has 1 heterocycles. The molecule has 0 unspecified atom stereocenters. The predicted octanol–water partition coefficient (Wildman–Crippen LogP) is 3.88. The van der Waals surface area contributed by atoms with Gasteiger partial charge in [-0.1, -0.05) is 37.3 Å². The maximum Gasteiger partial charge on any atom is 0.313 e. The lowest BCUT2D eigenvalue weighted by Crippen LogP contribution is -2.15. The van der Waals surface area contributed by atoms with E-state index in [2.05, 4.69) is 10.2 Å². The van der Waals surface area contributed by atoms with Crippen LogP contribution in [-0.2, 0) is 16.1 Å². The van der Waals surface area contributed by atoms with Gasteiger partial charge in [-0.05, 0) is 24.1 Å². The first-order chi connectivity index (χ1) is 13.1. The fraction of sp³-hybridized carbons (Fsp3) is 0.211. The van der Waals surface area contributed by atoms with Crippen LogP contribution in [0, 0.1) is 10.1 Å². The van der Waals surface area contributed by atoms with Gasteiger partial charge in [0, 0.05) is 17.7 Å². The second-order valence-corrected chi connectivity index (χ2v) is 5.78. The molecule has 0 amide bonds. The number of hydrogen-bond donors (Lipinski definition) is 0. The van der Waals surface area contributed by atoms with Crippen molar-refractivity contribution < 1.29 is 18.9 Å². The largest absolute Gasteiger partial charge is 0.455 e. The molecule has 0 spiro atoms. The molecular weight excluding hydrogens is 350 g/mol. The number of carbonyl (C=O) groups is 1. The Morgan fingerprint density at radius 2 is 1.85 bits per heavy atom. The van der Waals surface area contributed by atoms with E-state index in [0.717, 1.165) is 5.56 Å². The summed E-state index contributed by atoms with van der Waals surface area (Å²) in [4.78, 5) is 22.6. The number of ether oxygens (including phenoxy) is 1. The van der Waals surface area contributed by atoms with Crippen molar-refractivity contribution in [2.75, 3.05) is 0 Å². The number of nitrogens with zero attached hydrogens (tertiary/aromatic N) is 3. The molecule has 3 aromatic rings. The van der Waals surface area contributed by atoms with Gasteiger partial charge in [-0.25, -0.2) is 0 Å². The average Bonchev–Trinajstić information content (AvgIpc) is 3.17. The van der Waals surface area contributed by atoms with Crippen LogP contribution in [0.3, 0.4) is 0 Å². The van der Waals surface area contributed by atoms with Crippen molar-refractivity contribution >= 4 is 11.7 Å². The van der Waals surface area contributed by atoms with E-state index in [-0.39, 0.29) is 36.0 Å². The Bertz CT molecular complexity index is 922. The number of aromatic nitrogens is 2. The summed E-state index contributed by atoms with van der Waals surface area (Å²) in [7, 11) is 0. The summed E-state index contributed by atoms with van der Waals surface area (Å²) >= 11 is 0. The highest BCUT2D eigenvalue weighted by atomic mass is 16.6. The third-order valence-corrected chi connectivity index (χ3v) is 4.02. The molecule has 0 aliphatic carbocycles. The van der Waals surface area contributed by atoms with Gasteiger partial charge in [0.05, 0.1) is 10.8 Å². The van der Waals surface area contributed by atoms with Crippen LogP contribution in [0.1, 0.15) is 30.7 Å². The lowest BCUT2D eigenvalue weighted by molar-refractivity contribution is -0.384. The van der Waals surface area contributed by atoms with Gasteiger partial charge in [-0.3, -0.25) is 14.9 Å². The normalized spacial score (nSPS) is 11.7. The third-order valence-electron chi connectivity index (χ3n) is 4.02. The standard InChI is InChI=1S/C19H17N3O5/c1-2-16(13-6-4-3-5-7-13)19(23)26-12-17-20-21-18(27-17)14-8-10-15(11-9-14)22(24)25/h3-11,16H,2,12H2,1H3/t16-/m0/s1. The van der Waals surface area contributed by atoms with Gasteiger partial charge in [0.2, 0.25) is 5.89 Å². The molecule has 0 fully saturated rings. The van der Waals surface area contributed by atoms with Gasteiger partial charge in [0.25, 0.3) is 11.6 Å². The summed E-state index contributed by atoms with van der Waals surface area (Å²) in [5, 5.41) is 18.4. The Balaban J connectivity index is 1.63. The molecule has 0 aliphatic heterocycles. The molecule has 0 radical (unpaired) electrons. The third kappa shape index (κ3) is 4.35. The van der Waals surface area contributed by atoms with Crippen molar-refractivity contribution in [2.24, 2.45) is 0 Å². The number of non-ortho nitro benzene ring substituents is 1.